The van der Waals surface area contributed by atoms with Gasteiger partial charge < -0.3 is 14.7 Å². The van der Waals surface area contributed by atoms with Gasteiger partial charge in [-0.05, 0) is 97.2 Å². The fraction of sp³-hybridized carbons (Fsp3) is 0.571. The van der Waals surface area contributed by atoms with Crippen molar-refractivity contribution in [3.05, 3.63) is 70.3 Å². The number of hydrogen-bond donors (Lipinski definition) is 2. The minimum absolute atomic E-state index is 0.0930. The number of nitrogens with zero attached hydrogens (tertiary/aromatic N) is 1. The first-order valence-electron chi connectivity index (χ1n) is 16.0. The normalized spacial score (nSPS) is 30.4. The smallest absolute Gasteiger partial charge is 0.263 e. The van der Waals surface area contributed by atoms with Crippen LogP contribution in [0.4, 0.5) is 5.69 Å². The Morgan fingerprint density at radius 3 is 2.70 bits per heavy atom. The Balaban J connectivity index is 1.52. The van der Waals surface area contributed by atoms with Gasteiger partial charge in [0.2, 0.25) is 0 Å². The number of aryl methyl sites for hydroxylation is 1. The number of halogens is 1. The predicted octanol–water partition coefficient (Wildman–Crippen LogP) is 7.07. The van der Waals surface area contributed by atoms with Crippen molar-refractivity contribution in [2.75, 3.05) is 24.6 Å². The van der Waals surface area contributed by atoms with Crippen molar-refractivity contribution < 1.29 is 18.8 Å². The number of carbonyl (C=O) groups is 1. The third-order valence-corrected chi connectivity index (χ3v) is 11.4. The third-order valence-electron chi connectivity index (χ3n) is 9.52. The molecule has 0 aromatic heterocycles. The summed E-state index contributed by atoms with van der Waals surface area (Å²) in [7, 11) is -1.55. The molecule has 2 N–H and O–H groups in total. The highest BCUT2D eigenvalue weighted by atomic mass is 35.5. The molecule has 7 unspecified atom stereocenters. The molecule has 2 bridgehead atoms. The minimum Gasteiger partial charge on any atom is -0.491 e. The second kappa shape index (κ2) is 14.2. The Morgan fingerprint density at radius 2 is 1.98 bits per heavy atom. The molecule has 0 radical (unpaired) electrons. The zero-order valence-electron chi connectivity index (χ0n) is 25.9. The predicted molar refractivity (Wildman–Crippen MR) is 176 cm³/mol. The molecule has 2 heterocycles. The number of benzene rings is 2. The molecule has 5 rings (SSSR count). The molecule has 1 fully saturated rings. The summed E-state index contributed by atoms with van der Waals surface area (Å²) in [6, 6.07) is 11.7. The Hall–Kier alpha value is -2.35. The van der Waals surface area contributed by atoms with E-state index in [-0.39, 0.29) is 28.9 Å². The van der Waals surface area contributed by atoms with Gasteiger partial charge in [-0.25, -0.2) is 4.21 Å². The van der Waals surface area contributed by atoms with Gasteiger partial charge in [-0.15, -0.1) is 0 Å². The van der Waals surface area contributed by atoms with Gasteiger partial charge in [0.15, 0.2) is 0 Å². The number of nitrogens with one attached hydrogen (secondary N) is 1. The van der Waals surface area contributed by atoms with Crippen molar-refractivity contribution in [1.29, 1.82) is 0 Å². The molecule has 3 aliphatic rings. The number of carbonyl (C=O) groups excluding carboxylic acids is 1. The third kappa shape index (κ3) is 7.49. The Bertz CT molecular complexity index is 1350. The van der Waals surface area contributed by atoms with E-state index < -0.39 is 17.1 Å². The summed E-state index contributed by atoms with van der Waals surface area (Å²) in [5.41, 5.74) is 3.85. The summed E-state index contributed by atoms with van der Waals surface area (Å²) in [5, 5.41) is 11.8. The first-order valence-corrected chi connectivity index (χ1v) is 17.6. The van der Waals surface area contributed by atoms with Crippen molar-refractivity contribution in [2.45, 2.75) is 83.5 Å². The number of amides is 1. The number of fused-ring (bicyclic) bond motifs is 2. The largest absolute Gasteiger partial charge is 0.491 e. The standard InChI is InChI=1S/C35H47ClN2O4S/c1-5-7-24-17-28(36)12-14-29(24)27-20-38-19-26-10-13-30(26)32(39)9-6-8-23(4)34(16-22(2)3)43(41)37-35(40)25-11-15-33(42-21-27)31(38)18-25/h6,9,11-12,14-15,17-18,22-23,26-27,30,32,34,39H,5,7-8,10,13,16,19-21H2,1-4H3,(H,37,40)/b9-6+. The molecule has 2 aromatic carbocycles. The van der Waals surface area contributed by atoms with Crippen molar-refractivity contribution in [3.63, 3.8) is 0 Å². The molecule has 2 aromatic rings. The fourth-order valence-electron chi connectivity index (χ4n) is 6.96. The molecule has 8 heteroatoms. The summed E-state index contributed by atoms with van der Waals surface area (Å²) in [5.74, 6) is 1.48. The highest BCUT2D eigenvalue weighted by Gasteiger charge is 2.38. The van der Waals surface area contributed by atoms with Crippen LogP contribution in [0.5, 0.6) is 5.75 Å². The fourth-order valence-corrected chi connectivity index (χ4v) is 8.70. The summed E-state index contributed by atoms with van der Waals surface area (Å²) in [4.78, 5) is 15.9. The number of allylic oxidation sites excluding steroid dienone is 1. The lowest BCUT2D eigenvalue weighted by atomic mass is 9.70. The number of anilines is 1. The van der Waals surface area contributed by atoms with Crippen LogP contribution >= 0.6 is 11.6 Å². The van der Waals surface area contributed by atoms with Gasteiger partial charge in [0.1, 0.15) is 16.7 Å². The van der Waals surface area contributed by atoms with E-state index >= 15 is 0 Å². The van der Waals surface area contributed by atoms with Crippen LogP contribution in [0.25, 0.3) is 0 Å². The number of aliphatic hydroxyl groups is 1. The van der Waals surface area contributed by atoms with Crippen molar-refractivity contribution in [1.82, 2.24) is 4.72 Å². The van der Waals surface area contributed by atoms with Crippen LogP contribution in [-0.4, -0.2) is 46.3 Å². The zero-order valence-corrected chi connectivity index (χ0v) is 27.5. The first-order chi connectivity index (χ1) is 20.6. The molecule has 1 saturated carbocycles. The summed E-state index contributed by atoms with van der Waals surface area (Å²) in [6.45, 7) is 10.5. The summed E-state index contributed by atoms with van der Waals surface area (Å²) >= 11 is 6.40. The SMILES string of the molecule is CCCc1cc(Cl)ccc1C1COc2ccc3cc2N(C1)CC1CCC1C(O)/C=C/CC(C)C(CC(C)C)S(=O)NC3=O. The van der Waals surface area contributed by atoms with Crippen molar-refractivity contribution >= 4 is 34.2 Å². The van der Waals surface area contributed by atoms with Crippen LogP contribution in [0.2, 0.25) is 5.02 Å². The van der Waals surface area contributed by atoms with Gasteiger partial charge in [0.05, 0.1) is 23.6 Å². The van der Waals surface area contributed by atoms with Crippen molar-refractivity contribution in [3.8, 4) is 5.75 Å². The lowest BCUT2D eigenvalue weighted by Gasteiger charge is -2.42. The maximum Gasteiger partial charge on any atom is 0.263 e. The van der Waals surface area contributed by atoms with E-state index in [0.29, 0.717) is 30.4 Å². The first kappa shape index (κ1) is 32.1. The Kier molecular flexibility index (Phi) is 10.6. The monoisotopic (exact) mass is 626 g/mol. The van der Waals surface area contributed by atoms with Gasteiger partial charge in [-0.2, -0.15) is 0 Å². The van der Waals surface area contributed by atoms with Crippen LogP contribution in [-0.2, 0) is 17.4 Å². The maximum atomic E-state index is 13.6. The van der Waals surface area contributed by atoms with Gasteiger partial charge in [0.25, 0.3) is 5.91 Å². The Morgan fingerprint density at radius 1 is 1.16 bits per heavy atom. The number of hydrogen-bond acceptors (Lipinski definition) is 5. The molecular weight excluding hydrogens is 580 g/mol. The van der Waals surface area contributed by atoms with Crippen LogP contribution in [0, 0.1) is 23.7 Å². The number of aliphatic hydroxyl groups excluding tert-OH is 1. The molecule has 0 saturated heterocycles. The number of ether oxygens (including phenoxy) is 1. The molecule has 1 amide bonds. The van der Waals surface area contributed by atoms with E-state index in [1.807, 2.05) is 24.3 Å². The van der Waals surface area contributed by atoms with Crippen molar-refractivity contribution in [2.24, 2.45) is 23.7 Å². The topological polar surface area (TPSA) is 78.9 Å². The molecule has 43 heavy (non-hydrogen) atoms. The van der Waals surface area contributed by atoms with Crippen LogP contribution in [0.3, 0.4) is 0 Å². The maximum absolute atomic E-state index is 13.6. The second-order valence-corrected chi connectivity index (χ2v) is 15.1. The quantitative estimate of drug-likeness (QED) is 0.347. The van der Waals surface area contributed by atoms with E-state index in [1.165, 1.54) is 11.1 Å². The van der Waals surface area contributed by atoms with E-state index in [0.717, 1.165) is 61.7 Å². The summed E-state index contributed by atoms with van der Waals surface area (Å²) < 4.78 is 22.8. The van der Waals surface area contributed by atoms with Gasteiger partial charge in [-0.3, -0.25) is 9.52 Å². The van der Waals surface area contributed by atoms with Gasteiger partial charge >= 0.3 is 0 Å². The lowest BCUT2D eigenvalue weighted by Crippen LogP contribution is -2.44. The lowest BCUT2D eigenvalue weighted by molar-refractivity contribution is 0.0461. The highest BCUT2D eigenvalue weighted by molar-refractivity contribution is 7.84. The van der Waals surface area contributed by atoms with E-state index in [1.54, 1.807) is 6.07 Å². The highest BCUT2D eigenvalue weighted by Crippen LogP contribution is 2.42. The van der Waals surface area contributed by atoms with Gasteiger partial charge in [0, 0.05) is 29.6 Å². The van der Waals surface area contributed by atoms with E-state index in [4.69, 9.17) is 16.3 Å². The van der Waals surface area contributed by atoms with Gasteiger partial charge in [-0.1, -0.05) is 63.9 Å². The molecule has 2 aliphatic heterocycles. The number of rotatable bonds is 5. The summed E-state index contributed by atoms with van der Waals surface area (Å²) in [6.07, 6.45) is 8.95. The zero-order chi connectivity index (χ0) is 30.7. The molecule has 1 aliphatic carbocycles. The van der Waals surface area contributed by atoms with Crippen LogP contribution in [0.15, 0.2) is 48.6 Å². The molecular formula is C35H47ClN2O4S. The second-order valence-electron chi connectivity index (χ2n) is 13.2. The molecule has 6 nitrogen and oxygen atoms in total. The van der Waals surface area contributed by atoms with Crippen LogP contribution < -0.4 is 14.4 Å². The molecule has 234 valence electrons. The average molecular weight is 627 g/mol. The Labute approximate surface area is 264 Å². The minimum atomic E-state index is -1.55. The average Bonchev–Trinajstić information content (AvgIpc) is 3.12. The van der Waals surface area contributed by atoms with E-state index in [2.05, 4.69) is 55.5 Å². The van der Waals surface area contributed by atoms with E-state index in [9.17, 15) is 14.1 Å². The molecule has 0 spiro atoms. The molecule has 7 atom stereocenters. The van der Waals surface area contributed by atoms with Crippen LogP contribution in [0.1, 0.15) is 87.2 Å².